The van der Waals surface area contributed by atoms with Gasteiger partial charge in [0.05, 0.1) is 22.6 Å². The molecule has 318 valence electrons. The second-order valence-corrected chi connectivity index (χ2v) is 22.7. The van der Waals surface area contributed by atoms with Crippen LogP contribution in [0.4, 0.5) is 34.1 Å². The molecule has 1 aromatic heterocycles. The average molecular weight is 834 g/mol. The number of rotatable bonds is 4. The Morgan fingerprint density at radius 2 is 0.812 bits per heavy atom. The lowest BCUT2D eigenvalue weighted by Gasteiger charge is -2.43. The molecule has 8 aromatic rings. The van der Waals surface area contributed by atoms with Crippen LogP contribution in [-0.4, -0.2) is 11.3 Å². The first-order chi connectivity index (χ1) is 30.3. The molecule has 0 aliphatic carbocycles. The molecular formula is C60H60BN3. The van der Waals surface area contributed by atoms with Gasteiger partial charge in [-0.15, -0.1) is 0 Å². The summed E-state index contributed by atoms with van der Waals surface area (Å²) in [5, 5.41) is 1.30. The Hall–Kier alpha value is -6.26. The van der Waals surface area contributed by atoms with Crippen molar-refractivity contribution in [1.29, 1.82) is 0 Å². The van der Waals surface area contributed by atoms with Crippen molar-refractivity contribution in [3.05, 3.63) is 168 Å². The van der Waals surface area contributed by atoms with Gasteiger partial charge in [0.25, 0.3) is 6.71 Å². The summed E-state index contributed by atoms with van der Waals surface area (Å²) >= 11 is 0. The predicted molar refractivity (Wildman–Crippen MR) is 277 cm³/mol. The van der Waals surface area contributed by atoms with E-state index in [9.17, 15) is 0 Å². The van der Waals surface area contributed by atoms with Crippen molar-refractivity contribution in [3.63, 3.8) is 0 Å². The molecular weight excluding hydrogens is 773 g/mol. The zero-order valence-corrected chi connectivity index (χ0v) is 39.8. The summed E-state index contributed by atoms with van der Waals surface area (Å²) in [6, 6.07) is 56.0. The second-order valence-electron chi connectivity index (χ2n) is 22.7. The summed E-state index contributed by atoms with van der Waals surface area (Å²) in [7, 11) is 0. The lowest BCUT2D eigenvalue weighted by molar-refractivity contribution is 0.589. The Labute approximate surface area is 381 Å². The molecule has 0 saturated heterocycles. The van der Waals surface area contributed by atoms with Crippen molar-refractivity contribution >= 4 is 68.3 Å². The minimum absolute atomic E-state index is 0.0122. The van der Waals surface area contributed by atoms with E-state index >= 15 is 0 Å². The second kappa shape index (κ2) is 13.6. The zero-order chi connectivity index (χ0) is 44.8. The number of hydrogen-bond acceptors (Lipinski definition) is 2. The largest absolute Gasteiger partial charge is 0.320 e. The van der Waals surface area contributed by atoms with Crippen LogP contribution in [-0.2, 0) is 21.7 Å². The highest BCUT2D eigenvalue weighted by Gasteiger charge is 2.52. The number of hydrogen-bond donors (Lipinski definition) is 0. The van der Waals surface area contributed by atoms with Gasteiger partial charge in [-0.3, -0.25) is 0 Å². The number of benzene rings is 7. The molecule has 0 N–H and O–H groups in total. The SMILES string of the molecule is CC(C)(C)c1ccc(N2c3cccc4c3B3c5c2cc(C(C)(C)C)cc5-n2c3c(c3cc(C(C)(C)C)ccc32)N4c2ccc(C(C)(C)C)cc2-c2ccccc2)c(-c2ccccc2)c1. The summed E-state index contributed by atoms with van der Waals surface area (Å²) in [4.78, 5) is 5.29. The van der Waals surface area contributed by atoms with E-state index in [-0.39, 0.29) is 28.4 Å². The van der Waals surface area contributed by atoms with Crippen molar-refractivity contribution in [2.45, 2.75) is 105 Å². The van der Waals surface area contributed by atoms with Crippen LogP contribution in [0, 0.1) is 0 Å². The molecule has 4 heteroatoms. The minimum atomic E-state index is -0.0906. The highest BCUT2D eigenvalue weighted by Crippen LogP contribution is 2.53. The summed E-state index contributed by atoms with van der Waals surface area (Å²) in [5.41, 5.74) is 24.3. The van der Waals surface area contributed by atoms with Crippen molar-refractivity contribution in [3.8, 4) is 27.9 Å². The van der Waals surface area contributed by atoms with E-state index in [1.54, 1.807) is 0 Å². The van der Waals surface area contributed by atoms with Gasteiger partial charge in [0, 0.05) is 44.9 Å². The van der Waals surface area contributed by atoms with Gasteiger partial charge in [-0.05, 0) is 127 Å². The van der Waals surface area contributed by atoms with Gasteiger partial charge in [-0.1, -0.05) is 168 Å². The van der Waals surface area contributed by atoms with Crippen LogP contribution < -0.4 is 26.3 Å². The Balaban J connectivity index is 1.31. The van der Waals surface area contributed by atoms with E-state index in [2.05, 4.69) is 243 Å². The molecule has 64 heavy (non-hydrogen) atoms. The lowest BCUT2D eigenvalue weighted by Crippen LogP contribution is -2.59. The molecule has 4 heterocycles. The molecule has 3 aliphatic rings. The molecule has 3 aliphatic heterocycles. The van der Waals surface area contributed by atoms with Crippen LogP contribution in [0.1, 0.15) is 105 Å². The van der Waals surface area contributed by atoms with Crippen LogP contribution in [0.25, 0.3) is 38.8 Å². The fourth-order valence-corrected chi connectivity index (χ4v) is 10.7. The Morgan fingerprint density at radius 3 is 1.34 bits per heavy atom. The van der Waals surface area contributed by atoms with Crippen molar-refractivity contribution in [2.24, 2.45) is 0 Å². The molecule has 0 fully saturated rings. The zero-order valence-electron chi connectivity index (χ0n) is 39.8. The number of nitrogens with zero attached hydrogens (tertiary/aromatic N) is 3. The molecule has 7 aromatic carbocycles. The van der Waals surface area contributed by atoms with E-state index in [0.29, 0.717) is 0 Å². The molecule has 0 radical (unpaired) electrons. The van der Waals surface area contributed by atoms with Crippen LogP contribution in [0.2, 0.25) is 0 Å². The molecule has 0 saturated carbocycles. The first-order valence-corrected chi connectivity index (χ1v) is 23.3. The van der Waals surface area contributed by atoms with Gasteiger partial charge in [-0.2, -0.15) is 0 Å². The monoisotopic (exact) mass is 833 g/mol. The minimum Gasteiger partial charge on any atom is -0.320 e. The number of fused-ring (bicyclic) bond motifs is 4. The van der Waals surface area contributed by atoms with E-state index in [1.165, 1.54) is 112 Å². The lowest BCUT2D eigenvalue weighted by atomic mass is 9.36. The van der Waals surface area contributed by atoms with Crippen molar-refractivity contribution < 1.29 is 0 Å². The first kappa shape index (κ1) is 40.5. The van der Waals surface area contributed by atoms with Gasteiger partial charge in [0.15, 0.2) is 0 Å². The van der Waals surface area contributed by atoms with Gasteiger partial charge < -0.3 is 14.4 Å². The molecule has 0 spiro atoms. The fourth-order valence-electron chi connectivity index (χ4n) is 10.7. The van der Waals surface area contributed by atoms with Crippen LogP contribution in [0.3, 0.4) is 0 Å². The highest BCUT2D eigenvalue weighted by molar-refractivity contribution is 7.02. The van der Waals surface area contributed by atoms with Crippen molar-refractivity contribution in [1.82, 2.24) is 4.57 Å². The average Bonchev–Trinajstić information content (AvgIpc) is 3.78. The maximum Gasteiger partial charge on any atom is 0.275 e. The third-order valence-electron chi connectivity index (χ3n) is 14.3. The number of aromatic nitrogens is 1. The van der Waals surface area contributed by atoms with Crippen LogP contribution >= 0.6 is 0 Å². The topological polar surface area (TPSA) is 11.4 Å². The maximum absolute atomic E-state index is 2.67. The van der Waals surface area contributed by atoms with Gasteiger partial charge in [0.2, 0.25) is 0 Å². The van der Waals surface area contributed by atoms with Gasteiger partial charge in [0.1, 0.15) is 0 Å². The van der Waals surface area contributed by atoms with E-state index in [4.69, 9.17) is 0 Å². The first-order valence-electron chi connectivity index (χ1n) is 23.3. The van der Waals surface area contributed by atoms with Crippen molar-refractivity contribution in [2.75, 3.05) is 9.80 Å². The third-order valence-corrected chi connectivity index (χ3v) is 14.3. The van der Waals surface area contributed by atoms with Gasteiger partial charge in [-0.25, -0.2) is 0 Å². The molecule has 0 bridgehead atoms. The Morgan fingerprint density at radius 1 is 0.359 bits per heavy atom. The fraction of sp³-hybridized carbons (Fsp3) is 0.267. The summed E-state index contributed by atoms with van der Waals surface area (Å²) in [5.74, 6) is 0. The van der Waals surface area contributed by atoms with E-state index in [0.717, 1.165) is 0 Å². The molecule has 0 amide bonds. The predicted octanol–water partition coefficient (Wildman–Crippen LogP) is 14.6. The van der Waals surface area contributed by atoms with Crippen LogP contribution in [0.15, 0.2) is 146 Å². The molecule has 0 atom stereocenters. The van der Waals surface area contributed by atoms with E-state index < -0.39 is 0 Å². The van der Waals surface area contributed by atoms with E-state index in [1.807, 2.05) is 0 Å². The molecule has 3 nitrogen and oxygen atoms in total. The standard InChI is InChI=1S/C60H60BN3/c1-57(2,3)39-26-29-46(43(32-39)37-20-15-13-16-21-37)62-49-24-19-25-50-53(49)61-54-51(62)35-42(60(10,11)12)36-52(54)64-48-31-28-41(59(7,8)9)34-45(48)55(56(61)64)63(50)47-30-27-40(58(4,5)6)33-44(47)38-22-17-14-18-23-38/h13-36H,1-12H3. The smallest absolute Gasteiger partial charge is 0.275 e. The highest BCUT2D eigenvalue weighted by atomic mass is 15.2. The summed E-state index contributed by atoms with van der Waals surface area (Å²) < 4.78 is 2.67. The number of anilines is 6. The third kappa shape index (κ3) is 6.01. The Bertz CT molecular complexity index is 3200. The molecule has 0 unspecified atom stereocenters. The maximum atomic E-state index is 2.67. The van der Waals surface area contributed by atoms with Gasteiger partial charge >= 0.3 is 0 Å². The summed E-state index contributed by atoms with van der Waals surface area (Å²) in [6.45, 7) is 28.1. The normalized spacial score (nSPS) is 14.2. The molecule has 11 rings (SSSR count). The van der Waals surface area contributed by atoms with Crippen LogP contribution in [0.5, 0.6) is 0 Å². The quantitative estimate of drug-likeness (QED) is 0.164. The Kier molecular flexibility index (Phi) is 8.63. The summed E-state index contributed by atoms with van der Waals surface area (Å²) in [6.07, 6.45) is 0.